The summed E-state index contributed by atoms with van der Waals surface area (Å²) < 4.78 is 54.4. The third-order valence-corrected chi connectivity index (χ3v) is 1.61. The Morgan fingerprint density at radius 1 is 1.20 bits per heavy atom. The van der Waals surface area contributed by atoms with Gasteiger partial charge < -0.3 is 4.74 Å². The Balaban J connectivity index is 2.48. The van der Waals surface area contributed by atoms with E-state index in [1.54, 1.807) is 0 Å². The van der Waals surface area contributed by atoms with Crippen molar-refractivity contribution in [2.45, 2.75) is 19.5 Å². The van der Waals surface area contributed by atoms with E-state index in [-0.39, 0.29) is 6.61 Å². The summed E-state index contributed by atoms with van der Waals surface area (Å²) in [5, 5.41) is 0. The van der Waals surface area contributed by atoms with E-state index < -0.39 is 24.2 Å². The number of hydrogen-bond acceptors (Lipinski definition) is 1. The molecule has 0 saturated carbocycles. The topological polar surface area (TPSA) is 9.23 Å². The van der Waals surface area contributed by atoms with Gasteiger partial charge in [-0.2, -0.15) is 0 Å². The number of hydrogen-bond donors (Lipinski definition) is 0. The maximum atomic E-state index is 12.7. The lowest BCUT2D eigenvalue weighted by molar-refractivity contribution is -0.0674. The molecule has 84 valence electrons. The molecule has 5 heteroatoms. The van der Waals surface area contributed by atoms with Crippen LogP contribution in [0.5, 0.6) is 0 Å². The lowest BCUT2D eigenvalue weighted by Crippen LogP contribution is -2.18. The summed E-state index contributed by atoms with van der Waals surface area (Å²) in [7, 11) is 0. The van der Waals surface area contributed by atoms with Crippen LogP contribution in [-0.2, 0) is 11.3 Å². The minimum absolute atomic E-state index is 0.166. The highest BCUT2D eigenvalue weighted by Crippen LogP contribution is 2.14. The first-order chi connectivity index (χ1) is 6.88. The number of rotatable bonds is 4. The Bertz CT molecular complexity index is 333. The summed E-state index contributed by atoms with van der Waals surface area (Å²) in [5.41, 5.74) is 0.318. The van der Waals surface area contributed by atoms with Gasteiger partial charge >= 0.3 is 0 Å². The molecule has 0 unspecified atom stereocenters. The Morgan fingerprint density at radius 2 is 1.87 bits per heavy atom. The third kappa shape index (κ3) is 4.29. The fourth-order valence-electron chi connectivity index (χ4n) is 0.978. The van der Waals surface area contributed by atoms with Gasteiger partial charge in [0.25, 0.3) is 5.92 Å². The van der Waals surface area contributed by atoms with E-state index in [1.807, 2.05) is 0 Å². The van der Waals surface area contributed by atoms with Crippen LogP contribution in [0.4, 0.5) is 17.6 Å². The average Bonchev–Trinajstić information content (AvgIpc) is 2.09. The minimum Gasteiger partial charge on any atom is -0.371 e. The summed E-state index contributed by atoms with van der Waals surface area (Å²) in [4.78, 5) is 0. The highest BCUT2D eigenvalue weighted by molar-refractivity contribution is 5.16. The summed E-state index contributed by atoms with van der Waals surface area (Å²) >= 11 is 0. The molecule has 0 saturated heterocycles. The number of halogens is 4. The molecule has 0 aromatic heterocycles. The molecule has 15 heavy (non-hydrogen) atoms. The fraction of sp³-hybridized carbons (Fsp3) is 0.400. The molecule has 0 atom stereocenters. The van der Waals surface area contributed by atoms with Crippen molar-refractivity contribution in [1.82, 2.24) is 0 Å². The summed E-state index contributed by atoms with van der Waals surface area (Å²) in [5.74, 6) is -4.91. The van der Waals surface area contributed by atoms with Gasteiger partial charge in [0.15, 0.2) is 11.6 Å². The fourth-order valence-corrected chi connectivity index (χ4v) is 0.978. The van der Waals surface area contributed by atoms with Gasteiger partial charge in [-0.05, 0) is 17.7 Å². The van der Waals surface area contributed by atoms with Crippen LogP contribution < -0.4 is 0 Å². The Labute approximate surface area is 84.7 Å². The summed E-state index contributed by atoms with van der Waals surface area (Å²) in [6.07, 6.45) is 0. The molecule has 0 N–H and O–H groups in total. The molecule has 0 bridgehead atoms. The van der Waals surface area contributed by atoms with Crippen molar-refractivity contribution in [1.29, 1.82) is 0 Å². The van der Waals surface area contributed by atoms with Crippen LogP contribution in [-0.4, -0.2) is 12.5 Å². The van der Waals surface area contributed by atoms with E-state index in [9.17, 15) is 17.6 Å². The van der Waals surface area contributed by atoms with Crippen LogP contribution in [0, 0.1) is 11.6 Å². The maximum absolute atomic E-state index is 12.7. The number of benzene rings is 1. The second-order valence-electron chi connectivity index (χ2n) is 3.31. The van der Waals surface area contributed by atoms with Crippen molar-refractivity contribution in [3.8, 4) is 0 Å². The van der Waals surface area contributed by atoms with Crippen LogP contribution >= 0.6 is 0 Å². The molecule has 1 aromatic rings. The van der Waals surface area contributed by atoms with Crippen molar-refractivity contribution in [2.24, 2.45) is 0 Å². The number of ether oxygens (including phenoxy) is 1. The Morgan fingerprint density at radius 3 is 2.40 bits per heavy atom. The molecule has 1 aromatic carbocycles. The largest absolute Gasteiger partial charge is 0.371 e. The molecule has 0 heterocycles. The van der Waals surface area contributed by atoms with Crippen LogP contribution in [0.3, 0.4) is 0 Å². The normalized spacial score (nSPS) is 11.8. The van der Waals surface area contributed by atoms with E-state index in [0.29, 0.717) is 5.56 Å². The Hall–Kier alpha value is -1.10. The third-order valence-electron chi connectivity index (χ3n) is 1.61. The van der Waals surface area contributed by atoms with Crippen molar-refractivity contribution >= 4 is 0 Å². The first kappa shape index (κ1) is 12.0. The van der Waals surface area contributed by atoms with Gasteiger partial charge in [0.1, 0.15) is 6.61 Å². The maximum Gasteiger partial charge on any atom is 0.268 e. The van der Waals surface area contributed by atoms with Gasteiger partial charge in [-0.25, -0.2) is 17.6 Å². The molecular formula is C10H10F4O. The highest BCUT2D eigenvalue weighted by Gasteiger charge is 2.20. The average molecular weight is 222 g/mol. The number of alkyl halides is 2. The molecule has 0 aliphatic carbocycles. The van der Waals surface area contributed by atoms with Crippen molar-refractivity contribution in [2.75, 3.05) is 6.61 Å². The minimum atomic E-state index is -2.92. The molecule has 0 amide bonds. The predicted octanol–water partition coefficient (Wildman–Crippen LogP) is 3.14. The van der Waals surface area contributed by atoms with Crippen LogP contribution in [0.2, 0.25) is 0 Å². The molecule has 0 aliphatic heterocycles. The summed E-state index contributed by atoms with van der Waals surface area (Å²) in [6, 6.07) is 3.13. The van der Waals surface area contributed by atoms with E-state index in [2.05, 4.69) is 4.74 Å². The molecule has 1 rings (SSSR count). The lowest BCUT2D eigenvalue weighted by atomic mass is 10.2. The molecular weight excluding hydrogens is 212 g/mol. The van der Waals surface area contributed by atoms with Crippen molar-refractivity contribution in [3.63, 3.8) is 0 Å². The van der Waals surface area contributed by atoms with Crippen molar-refractivity contribution < 1.29 is 22.3 Å². The molecule has 0 radical (unpaired) electrons. The van der Waals surface area contributed by atoms with Crippen LogP contribution in [0.25, 0.3) is 0 Å². The van der Waals surface area contributed by atoms with E-state index in [0.717, 1.165) is 19.1 Å². The first-order valence-electron chi connectivity index (χ1n) is 4.28. The van der Waals surface area contributed by atoms with Crippen molar-refractivity contribution in [3.05, 3.63) is 35.4 Å². The predicted molar refractivity (Wildman–Crippen MR) is 46.6 cm³/mol. The second-order valence-corrected chi connectivity index (χ2v) is 3.31. The Kier molecular flexibility index (Phi) is 3.68. The molecule has 0 fully saturated rings. The monoisotopic (exact) mass is 222 g/mol. The second kappa shape index (κ2) is 4.61. The molecule has 0 aliphatic rings. The van der Waals surface area contributed by atoms with Gasteiger partial charge in [0, 0.05) is 6.92 Å². The van der Waals surface area contributed by atoms with Crippen LogP contribution in [0.15, 0.2) is 18.2 Å². The van der Waals surface area contributed by atoms with E-state index in [4.69, 9.17) is 0 Å². The van der Waals surface area contributed by atoms with Gasteiger partial charge in [0.2, 0.25) is 0 Å². The van der Waals surface area contributed by atoms with Gasteiger partial charge in [-0.1, -0.05) is 6.07 Å². The molecule has 0 spiro atoms. The zero-order valence-corrected chi connectivity index (χ0v) is 8.07. The zero-order valence-electron chi connectivity index (χ0n) is 8.07. The first-order valence-corrected chi connectivity index (χ1v) is 4.28. The smallest absolute Gasteiger partial charge is 0.268 e. The highest BCUT2D eigenvalue weighted by atomic mass is 19.3. The zero-order chi connectivity index (χ0) is 11.5. The van der Waals surface area contributed by atoms with Gasteiger partial charge in [0.05, 0.1) is 6.61 Å². The van der Waals surface area contributed by atoms with Crippen LogP contribution in [0.1, 0.15) is 12.5 Å². The van der Waals surface area contributed by atoms with E-state index in [1.165, 1.54) is 6.07 Å². The lowest BCUT2D eigenvalue weighted by Gasteiger charge is -2.10. The van der Waals surface area contributed by atoms with Gasteiger partial charge in [-0.3, -0.25) is 0 Å². The molecule has 1 nitrogen and oxygen atoms in total. The quantitative estimate of drug-likeness (QED) is 0.711. The standard InChI is InChI=1S/C10H10F4O/c1-10(13,14)6-15-5-7-2-3-8(11)9(12)4-7/h2-4H,5-6H2,1H3. The summed E-state index contributed by atoms with van der Waals surface area (Å²) in [6.45, 7) is -0.190. The van der Waals surface area contributed by atoms with Gasteiger partial charge in [-0.15, -0.1) is 0 Å². The van der Waals surface area contributed by atoms with E-state index >= 15 is 0 Å². The SMILES string of the molecule is CC(F)(F)COCc1ccc(F)c(F)c1.